The highest BCUT2D eigenvalue weighted by Crippen LogP contribution is 2.32. The van der Waals surface area contributed by atoms with Crippen molar-refractivity contribution in [1.29, 1.82) is 0 Å². The smallest absolute Gasteiger partial charge is 0.255 e. The van der Waals surface area contributed by atoms with Gasteiger partial charge in [-0.1, -0.05) is 6.07 Å². The first-order valence-corrected chi connectivity index (χ1v) is 11.9. The Labute approximate surface area is 205 Å². The summed E-state index contributed by atoms with van der Waals surface area (Å²) < 4.78 is 11.1. The number of fused-ring (bicyclic) bond motifs is 2. The second-order valence-electron chi connectivity index (χ2n) is 9.14. The number of carbonyl (C=O) groups is 2. The van der Waals surface area contributed by atoms with Gasteiger partial charge < -0.3 is 25.0 Å². The third kappa shape index (κ3) is 4.67. The lowest BCUT2D eigenvalue weighted by Gasteiger charge is -2.34. The van der Waals surface area contributed by atoms with Crippen LogP contribution in [0.25, 0.3) is 0 Å². The number of ether oxygens (including phenoxy) is 2. The molecule has 0 aromatic heterocycles. The second-order valence-corrected chi connectivity index (χ2v) is 9.14. The van der Waals surface area contributed by atoms with Crippen molar-refractivity contribution >= 4 is 28.9 Å². The van der Waals surface area contributed by atoms with Crippen molar-refractivity contribution in [2.24, 2.45) is 0 Å². The standard InChI is InChI=1S/C28H29N3O4/c1-17-4-9-22(29-27(32)21-8-11-25-26(15-21)35-13-12-34-25)16-23(17)30-28(33)20-7-10-24-19(14-20)6-5-18(2)31(24)3/h4,7-11,14-16,18H,5-6,12-13H2,1-3H3,(H,29,32)(H,30,33). The van der Waals surface area contributed by atoms with Gasteiger partial charge in [-0.3, -0.25) is 9.59 Å². The van der Waals surface area contributed by atoms with Gasteiger partial charge in [0.05, 0.1) is 0 Å². The Balaban J connectivity index is 1.31. The molecule has 7 heteroatoms. The van der Waals surface area contributed by atoms with Gasteiger partial charge in [-0.2, -0.15) is 0 Å². The summed E-state index contributed by atoms with van der Waals surface area (Å²) in [5.74, 6) is 0.756. The van der Waals surface area contributed by atoms with Crippen molar-refractivity contribution in [3.8, 4) is 11.5 Å². The molecular weight excluding hydrogens is 442 g/mol. The summed E-state index contributed by atoms with van der Waals surface area (Å²) in [6, 6.07) is 16.9. The van der Waals surface area contributed by atoms with E-state index in [0.717, 1.165) is 18.4 Å². The molecule has 3 aromatic rings. The van der Waals surface area contributed by atoms with Crippen LogP contribution in [0.5, 0.6) is 11.5 Å². The maximum atomic E-state index is 13.1. The molecule has 3 aromatic carbocycles. The fourth-order valence-electron chi connectivity index (χ4n) is 4.48. The first-order chi connectivity index (χ1) is 16.9. The van der Waals surface area contributed by atoms with Gasteiger partial charge >= 0.3 is 0 Å². The molecule has 5 rings (SSSR count). The maximum absolute atomic E-state index is 13.1. The Morgan fingerprint density at radius 3 is 2.43 bits per heavy atom. The van der Waals surface area contributed by atoms with Gasteiger partial charge in [0.25, 0.3) is 11.8 Å². The first kappa shape index (κ1) is 22.8. The minimum atomic E-state index is -0.267. The van der Waals surface area contributed by atoms with Crippen LogP contribution in [0, 0.1) is 6.92 Å². The zero-order valence-corrected chi connectivity index (χ0v) is 20.2. The number of rotatable bonds is 4. The molecule has 2 N–H and O–H groups in total. The fourth-order valence-corrected chi connectivity index (χ4v) is 4.48. The Hall–Kier alpha value is -4.00. The molecule has 35 heavy (non-hydrogen) atoms. The third-order valence-corrected chi connectivity index (χ3v) is 6.76. The topological polar surface area (TPSA) is 79.9 Å². The van der Waals surface area contributed by atoms with Crippen molar-refractivity contribution in [3.05, 3.63) is 76.9 Å². The van der Waals surface area contributed by atoms with Crippen LogP contribution in [0.1, 0.15) is 45.2 Å². The largest absolute Gasteiger partial charge is 0.486 e. The number of nitrogens with zero attached hydrogens (tertiary/aromatic N) is 1. The number of hydrogen-bond donors (Lipinski definition) is 2. The van der Waals surface area contributed by atoms with Gasteiger partial charge in [-0.15, -0.1) is 0 Å². The van der Waals surface area contributed by atoms with E-state index in [0.29, 0.717) is 53.3 Å². The highest BCUT2D eigenvalue weighted by molar-refractivity contribution is 6.07. The van der Waals surface area contributed by atoms with Gasteiger partial charge in [-0.05, 0) is 86.3 Å². The highest BCUT2D eigenvalue weighted by Gasteiger charge is 2.21. The van der Waals surface area contributed by atoms with E-state index in [-0.39, 0.29) is 11.8 Å². The molecule has 180 valence electrons. The Kier molecular flexibility index (Phi) is 6.07. The molecule has 2 aliphatic heterocycles. The second kappa shape index (κ2) is 9.33. The number of hydrogen-bond acceptors (Lipinski definition) is 5. The van der Waals surface area contributed by atoms with Gasteiger partial charge in [0.2, 0.25) is 0 Å². The predicted octanol–water partition coefficient (Wildman–Crippen LogP) is 5.04. The van der Waals surface area contributed by atoms with Gasteiger partial charge in [-0.25, -0.2) is 0 Å². The molecule has 0 saturated heterocycles. The Morgan fingerprint density at radius 1 is 0.886 bits per heavy atom. The molecule has 1 atom stereocenters. The molecule has 0 saturated carbocycles. The summed E-state index contributed by atoms with van der Waals surface area (Å²) in [7, 11) is 2.09. The minimum absolute atomic E-state index is 0.174. The number of benzene rings is 3. The average molecular weight is 472 g/mol. The minimum Gasteiger partial charge on any atom is -0.486 e. The normalized spacial score (nSPS) is 16.3. The summed E-state index contributed by atoms with van der Waals surface area (Å²) >= 11 is 0. The van der Waals surface area contributed by atoms with Crippen LogP contribution >= 0.6 is 0 Å². The van der Waals surface area contributed by atoms with E-state index >= 15 is 0 Å². The zero-order chi connectivity index (χ0) is 24.5. The van der Waals surface area contributed by atoms with Crippen LogP contribution in [0.4, 0.5) is 17.1 Å². The summed E-state index contributed by atoms with van der Waals surface area (Å²) in [6.07, 6.45) is 2.03. The molecule has 0 aliphatic carbocycles. The summed E-state index contributed by atoms with van der Waals surface area (Å²) in [5, 5.41) is 5.91. The maximum Gasteiger partial charge on any atom is 0.255 e. The molecule has 2 aliphatic rings. The number of carbonyl (C=O) groups excluding carboxylic acids is 2. The SMILES string of the molecule is Cc1ccc(NC(=O)c2ccc3c(c2)OCCO3)cc1NC(=O)c1ccc2c(c1)CCC(C)N2C. The number of nitrogens with one attached hydrogen (secondary N) is 2. The number of aryl methyl sites for hydroxylation is 2. The number of amides is 2. The lowest BCUT2D eigenvalue weighted by molar-refractivity contribution is 0.101. The van der Waals surface area contributed by atoms with Crippen LogP contribution in [-0.4, -0.2) is 38.1 Å². The van der Waals surface area contributed by atoms with E-state index in [9.17, 15) is 9.59 Å². The van der Waals surface area contributed by atoms with Crippen molar-refractivity contribution in [2.75, 3.05) is 35.8 Å². The van der Waals surface area contributed by atoms with Gasteiger partial charge in [0.15, 0.2) is 11.5 Å². The Bertz CT molecular complexity index is 1300. The summed E-state index contributed by atoms with van der Waals surface area (Å²) in [6.45, 7) is 5.09. The first-order valence-electron chi connectivity index (χ1n) is 11.9. The molecular formula is C28H29N3O4. The van der Waals surface area contributed by atoms with E-state index < -0.39 is 0 Å². The van der Waals surface area contributed by atoms with Crippen molar-refractivity contribution in [3.63, 3.8) is 0 Å². The number of anilines is 3. The molecule has 0 radical (unpaired) electrons. The van der Waals surface area contributed by atoms with Gasteiger partial charge in [0, 0.05) is 41.3 Å². The molecule has 7 nitrogen and oxygen atoms in total. The average Bonchev–Trinajstić information content (AvgIpc) is 2.87. The van der Waals surface area contributed by atoms with Crippen LogP contribution in [0.2, 0.25) is 0 Å². The van der Waals surface area contributed by atoms with E-state index in [2.05, 4.69) is 29.5 Å². The van der Waals surface area contributed by atoms with Crippen LogP contribution in [0.15, 0.2) is 54.6 Å². The molecule has 2 amide bonds. The van der Waals surface area contributed by atoms with E-state index in [1.54, 1.807) is 24.3 Å². The van der Waals surface area contributed by atoms with E-state index in [1.165, 1.54) is 11.3 Å². The van der Waals surface area contributed by atoms with E-state index in [4.69, 9.17) is 9.47 Å². The van der Waals surface area contributed by atoms with Crippen molar-refractivity contribution < 1.29 is 19.1 Å². The van der Waals surface area contributed by atoms with Crippen molar-refractivity contribution in [1.82, 2.24) is 0 Å². The summed E-state index contributed by atoms with van der Waals surface area (Å²) in [5.41, 5.74) is 5.61. The van der Waals surface area contributed by atoms with Crippen LogP contribution in [0.3, 0.4) is 0 Å². The van der Waals surface area contributed by atoms with E-state index in [1.807, 2.05) is 37.3 Å². The predicted molar refractivity (Wildman–Crippen MR) is 137 cm³/mol. The van der Waals surface area contributed by atoms with Crippen molar-refractivity contribution in [2.45, 2.75) is 32.7 Å². The summed E-state index contributed by atoms with van der Waals surface area (Å²) in [4.78, 5) is 28.1. The molecule has 0 bridgehead atoms. The molecule has 1 unspecified atom stereocenters. The third-order valence-electron chi connectivity index (χ3n) is 6.76. The highest BCUT2D eigenvalue weighted by atomic mass is 16.6. The fraction of sp³-hybridized carbons (Fsp3) is 0.286. The van der Waals surface area contributed by atoms with Crippen LogP contribution in [-0.2, 0) is 6.42 Å². The quantitative estimate of drug-likeness (QED) is 0.557. The van der Waals surface area contributed by atoms with Crippen LogP contribution < -0.4 is 25.0 Å². The lowest BCUT2D eigenvalue weighted by atomic mass is 9.95. The monoisotopic (exact) mass is 471 g/mol. The molecule has 0 spiro atoms. The van der Waals surface area contributed by atoms with Gasteiger partial charge in [0.1, 0.15) is 13.2 Å². The lowest BCUT2D eigenvalue weighted by Crippen LogP contribution is -2.33. The molecule has 0 fully saturated rings. The molecule has 2 heterocycles. The zero-order valence-electron chi connectivity index (χ0n) is 20.2. The Morgan fingerprint density at radius 2 is 1.60 bits per heavy atom.